The second-order valence-electron chi connectivity index (χ2n) is 8.92. The summed E-state index contributed by atoms with van der Waals surface area (Å²) in [7, 11) is -4.03. The second-order valence-corrected chi connectivity index (χ2v) is 13.6. The SMILES string of the molecule is CC1(C)SCCN(S(=O)(=O)c2ccc(CSc3ccnc4cc(C(F)(F)F)ccc34)cc2)C1C(=O)NO. The van der Waals surface area contributed by atoms with Gasteiger partial charge in [-0.1, -0.05) is 18.2 Å². The molecular formula is C24H24F3N3O4S3. The van der Waals surface area contributed by atoms with Crippen molar-refractivity contribution in [3.63, 3.8) is 0 Å². The Bertz CT molecular complexity index is 1410. The summed E-state index contributed by atoms with van der Waals surface area (Å²) in [5.41, 5.74) is 1.87. The number of halogens is 3. The maximum Gasteiger partial charge on any atom is 0.416 e. The van der Waals surface area contributed by atoms with E-state index < -0.39 is 38.5 Å². The van der Waals surface area contributed by atoms with Crippen LogP contribution in [0.5, 0.6) is 0 Å². The third kappa shape index (κ3) is 5.75. The third-order valence-corrected chi connectivity index (χ3v) is 10.4. The molecule has 37 heavy (non-hydrogen) atoms. The minimum absolute atomic E-state index is 0.0220. The van der Waals surface area contributed by atoms with Gasteiger partial charge in [0.15, 0.2) is 0 Å². The summed E-state index contributed by atoms with van der Waals surface area (Å²) in [5.74, 6) is 0.157. The molecule has 1 aliphatic heterocycles. The lowest BCUT2D eigenvalue weighted by Crippen LogP contribution is -2.61. The first-order valence-corrected chi connectivity index (χ1v) is 14.5. The molecule has 13 heteroatoms. The van der Waals surface area contributed by atoms with Gasteiger partial charge >= 0.3 is 6.18 Å². The highest BCUT2D eigenvalue weighted by molar-refractivity contribution is 8.01. The first-order valence-electron chi connectivity index (χ1n) is 11.1. The van der Waals surface area contributed by atoms with Gasteiger partial charge in [0, 0.05) is 39.3 Å². The van der Waals surface area contributed by atoms with Crippen LogP contribution in [-0.2, 0) is 26.7 Å². The topological polar surface area (TPSA) is 99.6 Å². The number of pyridine rings is 1. The van der Waals surface area contributed by atoms with E-state index in [-0.39, 0.29) is 17.0 Å². The van der Waals surface area contributed by atoms with E-state index in [9.17, 15) is 31.6 Å². The summed E-state index contributed by atoms with van der Waals surface area (Å²) in [4.78, 5) is 17.2. The van der Waals surface area contributed by atoms with Gasteiger partial charge in [0.25, 0.3) is 5.91 Å². The van der Waals surface area contributed by atoms with Gasteiger partial charge in [-0.25, -0.2) is 13.9 Å². The van der Waals surface area contributed by atoms with Crippen LogP contribution in [0.3, 0.4) is 0 Å². The normalized spacial score (nSPS) is 18.6. The van der Waals surface area contributed by atoms with E-state index in [1.54, 1.807) is 37.5 Å². The fraction of sp³-hybridized carbons (Fsp3) is 0.333. The van der Waals surface area contributed by atoms with Crippen LogP contribution in [0.25, 0.3) is 10.9 Å². The average Bonchev–Trinajstić information content (AvgIpc) is 2.85. The Labute approximate surface area is 220 Å². The van der Waals surface area contributed by atoms with Gasteiger partial charge in [-0.3, -0.25) is 15.0 Å². The maximum absolute atomic E-state index is 13.4. The number of alkyl halides is 3. The van der Waals surface area contributed by atoms with E-state index in [0.29, 0.717) is 16.9 Å². The molecular weight excluding hydrogens is 547 g/mol. The van der Waals surface area contributed by atoms with E-state index in [2.05, 4.69) is 4.98 Å². The van der Waals surface area contributed by atoms with Crippen LogP contribution in [0.2, 0.25) is 0 Å². The molecule has 0 bridgehead atoms. The monoisotopic (exact) mass is 571 g/mol. The quantitative estimate of drug-likeness (QED) is 0.246. The fourth-order valence-corrected chi connectivity index (χ4v) is 8.31. The lowest BCUT2D eigenvalue weighted by atomic mass is 10.0. The molecule has 198 valence electrons. The number of carbonyl (C=O) groups is 1. The van der Waals surface area contributed by atoms with Crippen molar-refractivity contribution in [1.29, 1.82) is 0 Å². The lowest BCUT2D eigenvalue weighted by molar-refractivity contribution is -0.137. The summed E-state index contributed by atoms with van der Waals surface area (Å²) in [6.45, 7) is 3.63. The van der Waals surface area contributed by atoms with Crippen molar-refractivity contribution in [2.45, 2.75) is 46.4 Å². The van der Waals surface area contributed by atoms with E-state index in [1.165, 1.54) is 47.9 Å². The number of aromatic nitrogens is 1. The molecule has 1 atom stereocenters. The molecule has 2 N–H and O–H groups in total. The van der Waals surface area contributed by atoms with E-state index in [0.717, 1.165) is 26.9 Å². The predicted molar refractivity (Wildman–Crippen MR) is 137 cm³/mol. The highest BCUT2D eigenvalue weighted by Crippen LogP contribution is 2.39. The lowest BCUT2D eigenvalue weighted by Gasteiger charge is -2.43. The molecule has 7 nitrogen and oxygen atoms in total. The van der Waals surface area contributed by atoms with Crippen LogP contribution in [0.4, 0.5) is 13.2 Å². The highest BCUT2D eigenvalue weighted by Gasteiger charge is 2.48. The molecule has 0 radical (unpaired) electrons. The van der Waals surface area contributed by atoms with Gasteiger partial charge in [0.2, 0.25) is 10.0 Å². The maximum atomic E-state index is 13.4. The molecule has 0 spiro atoms. The number of sulfonamides is 1. The van der Waals surface area contributed by atoms with E-state index in [4.69, 9.17) is 0 Å². The van der Waals surface area contributed by atoms with Crippen LogP contribution in [0.15, 0.2) is 64.5 Å². The number of thioether (sulfide) groups is 2. The van der Waals surface area contributed by atoms with E-state index >= 15 is 0 Å². The summed E-state index contributed by atoms with van der Waals surface area (Å²) < 4.78 is 66.3. The number of hydrogen-bond donors (Lipinski definition) is 2. The molecule has 1 unspecified atom stereocenters. The first-order chi connectivity index (χ1) is 17.3. The van der Waals surface area contributed by atoms with Crippen molar-refractivity contribution < 1.29 is 31.6 Å². The highest BCUT2D eigenvalue weighted by atomic mass is 32.2. The molecule has 0 aliphatic carbocycles. The first kappa shape index (κ1) is 27.7. The van der Waals surface area contributed by atoms with Crippen molar-refractivity contribution in [1.82, 2.24) is 14.8 Å². The number of nitrogens with one attached hydrogen (secondary N) is 1. The zero-order valence-electron chi connectivity index (χ0n) is 19.8. The van der Waals surface area contributed by atoms with Gasteiger partial charge in [-0.05, 0) is 49.7 Å². The van der Waals surface area contributed by atoms with Crippen LogP contribution in [0.1, 0.15) is 25.0 Å². The number of rotatable bonds is 6. The Hall–Kier alpha value is -2.32. The number of amides is 1. The van der Waals surface area contributed by atoms with Crippen LogP contribution in [0, 0.1) is 0 Å². The fourth-order valence-electron chi connectivity index (χ4n) is 4.20. The minimum atomic E-state index is -4.45. The standard InChI is InChI=1S/C24H24F3N3O4S3/c1-23(2)21(22(31)29-32)30(11-12-36-23)37(33,34)17-6-3-15(4-7-17)14-35-20-9-10-28-19-13-16(24(25,26)27)5-8-18(19)20/h3-10,13,21,32H,11-12,14H2,1-2H3,(H,29,31). The summed E-state index contributed by atoms with van der Waals surface area (Å²) >= 11 is 2.86. The Morgan fingerprint density at radius 1 is 1.22 bits per heavy atom. The molecule has 1 aliphatic rings. The second kappa shape index (κ2) is 10.4. The zero-order valence-corrected chi connectivity index (χ0v) is 22.3. The Morgan fingerprint density at radius 2 is 1.92 bits per heavy atom. The number of benzene rings is 2. The third-order valence-electron chi connectivity index (χ3n) is 6.05. The summed E-state index contributed by atoms with van der Waals surface area (Å²) in [6.07, 6.45) is -3.00. The smallest absolute Gasteiger partial charge is 0.289 e. The summed E-state index contributed by atoms with van der Waals surface area (Å²) in [6, 6.07) is 10.3. The van der Waals surface area contributed by atoms with E-state index in [1.807, 2.05) is 0 Å². The Kier molecular flexibility index (Phi) is 7.82. The number of carbonyl (C=O) groups excluding carboxylic acids is 1. The van der Waals surface area contributed by atoms with Gasteiger partial charge in [-0.2, -0.15) is 29.2 Å². The van der Waals surface area contributed by atoms with Crippen molar-refractivity contribution in [2.75, 3.05) is 12.3 Å². The molecule has 1 fully saturated rings. The summed E-state index contributed by atoms with van der Waals surface area (Å²) in [5, 5.41) is 9.79. The van der Waals surface area contributed by atoms with Crippen LogP contribution < -0.4 is 5.48 Å². The number of nitrogens with zero attached hydrogens (tertiary/aromatic N) is 2. The van der Waals surface area contributed by atoms with Crippen molar-refractivity contribution in [2.24, 2.45) is 0 Å². The number of hydrogen-bond acceptors (Lipinski definition) is 7. The van der Waals surface area contributed by atoms with Crippen molar-refractivity contribution >= 4 is 50.4 Å². The molecule has 1 aromatic heterocycles. The molecule has 1 amide bonds. The van der Waals surface area contributed by atoms with Crippen molar-refractivity contribution in [3.8, 4) is 0 Å². The van der Waals surface area contributed by atoms with Gasteiger partial charge < -0.3 is 0 Å². The largest absolute Gasteiger partial charge is 0.416 e. The Balaban J connectivity index is 1.53. The molecule has 2 aromatic carbocycles. The predicted octanol–water partition coefficient (Wildman–Crippen LogP) is 4.94. The molecule has 3 aromatic rings. The molecule has 0 saturated carbocycles. The van der Waals surface area contributed by atoms with Gasteiger partial charge in [-0.15, -0.1) is 11.8 Å². The van der Waals surface area contributed by atoms with Gasteiger partial charge in [0.05, 0.1) is 16.0 Å². The van der Waals surface area contributed by atoms with Crippen LogP contribution >= 0.6 is 23.5 Å². The molecule has 2 heterocycles. The minimum Gasteiger partial charge on any atom is -0.289 e. The average molecular weight is 572 g/mol. The van der Waals surface area contributed by atoms with Crippen LogP contribution in [-0.4, -0.2) is 51.9 Å². The van der Waals surface area contributed by atoms with Gasteiger partial charge in [0.1, 0.15) is 6.04 Å². The Morgan fingerprint density at radius 3 is 2.57 bits per heavy atom. The zero-order chi connectivity index (χ0) is 27.0. The molecule has 1 saturated heterocycles. The van der Waals surface area contributed by atoms with Crippen molar-refractivity contribution in [3.05, 3.63) is 65.9 Å². The number of fused-ring (bicyclic) bond motifs is 1. The number of hydroxylamine groups is 1. The molecule has 4 rings (SSSR count).